The van der Waals surface area contributed by atoms with E-state index in [9.17, 15) is 14.0 Å². The number of nitrogens with zero attached hydrogens (tertiary/aromatic N) is 6. The number of aromatic nitrogens is 4. The predicted molar refractivity (Wildman–Crippen MR) is 159 cm³/mol. The molecule has 1 fully saturated rings. The molecule has 6 rings (SSSR count). The van der Waals surface area contributed by atoms with Crippen LogP contribution in [0.4, 0.5) is 16.3 Å². The molecule has 2 aliphatic rings. The number of benzene rings is 2. The molecule has 0 unspecified atom stereocenters. The summed E-state index contributed by atoms with van der Waals surface area (Å²) in [5, 5.41) is 2.11. The van der Waals surface area contributed by atoms with Gasteiger partial charge in [-0.15, -0.1) is 0 Å². The van der Waals surface area contributed by atoms with Crippen molar-refractivity contribution in [3.8, 4) is 0 Å². The van der Waals surface area contributed by atoms with Crippen molar-refractivity contribution >= 4 is 30.0 Å². The van der Waals surface area contributed by atoms with Gasteiger partial charge < -0.3 is 19.1 Å². The Morgan fingerprint density at radius 3 is 2.50 bits per heavy atom. The van der Waals surface area contributed by atoms with Gasteiger partial charge >= 0.3 is 5.97 Å². The van der Waals surface area contributed by atoms with Crippen molar-refractivity contribution in [2.24, 2.45) is 0 Å². The summed E-state index contributed by atoms with van der Waals surface area (Å²) in [4.78, 5) is 39.1. The van der Waals surface area contributed by atoms with Crippen molar-refractivity contribution in [3.05, 3.63) is 105 Å². The number of hydrogen-bond acceptors (Lipinski definition) is 7. The van der Waals surface area contributed by atoms with Gasteiger partial charge in [-0.1, -0.05) is 42.5 Å². The number of halogens is 1. The summed E-state index contributed by atoms with van der Waals surface area (Å²) in [6.07, 6.45) is 9.51. The normalized spacial score (nSPS) is 15.0. The number of esters is 1. The third kappa shape index (κ3) is 5.70. The van der Waals surface area contributed by atoms with E-state index in [1.165, 1.54) is 29.0 Å². The molecule has 1 aliphatic heterocycles. The quantitative estimate of drug-likeness (QED) is 0.302. The van der Waals surface area contributed by atoms with Gasteiger partial charge in [0.25, 0.3) is 5.56 Å². The Kier molecular flexibility index (Phi) is 7.85. The van der Waals surface area contributed by atoms with E-state index >= 15 is 0 Å². The number of hydrogen-bond donors (Lipinski definition) is 0. The van der Waals surface area contributed by atoms with Gasteiger partial charge in [-0.05, 0) is 55.5 Å². The Hall–Kier alpha value is -4.73. The Labute approximate surface area is 242 Å². The molecule has 0 bridgehead atoms. The molecule has 42 heavy (non-hydrogen) atoms. The van der Waals surface area contributed by atoms with Crippen molar-refractivity contribution in [1.82, 2.24) is 19.1 Å². The smallest absolute Gasteiger partial charge is 0.339 e. The van der Waals surface area contributed by atoms with Gasteiger partial charge in [0, 0.05) is 38.4 Å². The van der Waals surface area contributed by atoms with Crippen LogP contribution in [0.3, 0.4) is 0 Å². The summed E-state index contributed by atoms with van der Waals surface area (Å²) in [5.74, 6) is 0.633. The van der Waals surface area contributed by atoms with E-state index in [4.69, 9.17) is 9.72 Å². The van der Waals surface area contributed by atoms with Crippen molar-refractivity contribution in [2.75, 3.05) is 29.9 Å². The second-order valence-corrected chi connectivity index (χ2v) is 10.6. The van der Waals surface area contributed by atoms with Crippen LogP contribution in [0.25, 0.3) is 12.2 Å². The summed E-state index contributed by atoms with van der Waals surface area (Å²) < 4.78 is 22.6. The Morgan fingerprint density at radius 1 is 1.00 bits per heavy atom. The van der Waals surface area contributed by atoms with E-state index in [2.05, 4.69) is 26.6 Å². The SMILES string of the molecule is CN(c1nccc(=O)n1COC(=O)c1ccccc1)C1CCN(c2nc3c(n2Cc2ccc(F)cc2)=CCCC=3)CC1. The molecule has 3 heterocycles. The van der Waals surface area contributed by atoms with E-state index in [1.807, 2.05) is 30.1 Å². The van der Waals surface area contributed by atoms with E-state index in [0.717, 1.165) is 61.0 Å². The molecular weight excluding hydrogens is 535 g/mol. The largest absolute Gasteiger partial charge is 0.440 e. The number of ether oxygens (including phenoxy) is 1. The molecule has 0 N–H and O–H groups in total. The molecule has 0 atom stereocenters. The Morgan fingerprint density at radius 2 is 1.74 bits per heavy atom. The van der Waals surface area contributed by atoms with Crippen LogP contribution in [0.2, 0.25) is 0 Å². The second kappa shape index (κ2) is 12.0. The molecule has 1 saturated heterocycles. The third-order valence-electron chi connectivity index (χ3n) is 7.97. The first-order valence-electron chi connectivity index (χ1n) is 14.2. The number of fused-ring (bicyclic) bond motifs is 1. The fourth-order valence-electron chi connectivity index (χ4n) is 5.67. The van der Waals surface area contributed by atoms with Gasteiger partial charge in [0.2, 0.25) is 11.9 Å². The molecule has 9 nitrogen and oxygen atoms in total. The van der Waals surface area contributed by atoms with Gasteiger partial charge in [0.05, 0.1) is 22.8 Å². The number of piperidine rings is 1. The molecule has 1 aliphatic carbocycles. The lowest BCUT2D eigenvalue weighted by Crippen LogP contribution is -2.46. The van der Waals surface area contributed by atoms with E-state index in [0.29, 0.717) is 18.1 Å². The second-order valence-electron chi connectivity index (χ2n) is 10.6. The average molecular weight is 569 g/mol. The molecular formula is C32H33FN6O3. The summed E-state index contributed by atoms with van der Waals surface area (Å²) in [5.41, 5.74) is 1.16. The van der Waals surface area contributed by atoms with Crippen molar-refractivity contribution in [1.29, 1.82) is 0 Å². The fourth-order valence-corrected chi connectivity index (χ4v) is 5.67. The first-order chi connectivity index (χ1) is 20.5. The standard InChI is InChI=1S/C32H33FN6O3/c1-36(31-34-18-15-29(40)39(31)22-42-30(41)24-7-3-2-4-8-24)26-16-19-37(20-17-26)32-35-27-9-5-6-10-28(27)38(32)21-23-11-13-25(33)14-12-23/h2-4,7-15,18,26H,5-6,16-17,19-22H2,1H3. The van der Waals surface area contributed by atoms with Gasteiger partial charge in [-0.2, -0.15) is 0 Å². The van der Waals surface area contributed by atoms with Gasteiger partial charge in [0.15, 0.2) is 6.73 Å². The average Bonchev–Trinajstić information content (AvgIpc) is 3.39. The fraction of sp³-hybridized carbons (Fsp3) is 0.312. The summed E-state index contributed by atoms with van der Waals surface area (Å²) in [7, 11) is 1.93. The van der Waals surface area contributed by atoms with E-state index < -0.39 is 5.97 Å². The lowest BCUT2D eigenvalue weighted by atomic mass is 10.0. The van der Waals surface area contributed by atoms with Crippen molar-refractivity contribution in [2.45, 2.75) is 45.0 Å². The molecule has 0 amide bonds. The van der Waals surface area contributed by atoms with Crippen LogP contribution >= 0.6 is 0 Å². The summed E-state index contributed by atoms with van der Waals surface area (Å²) in [6.45, 7) is 1.94. The van der Waals surface area contributed by atoms with Gasteiger partial charge in [-0.25, -0.2) is 23.7 Å². The first-order valence-corrected chi connectivity index (χ1v) is 14.2. The van der Waals surface area contributed by atoms with Crippen LogP contribution < -0.4 is 26.1 Å². The van der Waals surface area contributed by atoms with Crippen LogP contribution in [0.5, 0.6) is 0 Å². The number of carbonyl (C=O) groups excluding carboxylic acids is 1. The molecule has 216 valence electrons. The Balaban J connectivity index is 1.18. The third-order valence-corrected chi connectivity index (χ3v) is 7.97. The number of carbonyl (C=O) groups is 1. The van der Waals surface area contributed by atoms with E-state index in [-0.39, 0.29) is 24.1 Å². The summed E-state index contributed by atoms with van der Waals surface area (Å²) >= 11 is 0. The van der Waals surface area contributed by atoms with Crippen LogP contribution in [0.15, 0.2) is 71.7 Å². The van der Waals surface area contributed by atoms with E-state index in [1.54, 1.807) is 24.3 Å². The highest BCUT2D eigenvalue weighted by molar-refractivity contribution is 5.89. The van der Waals surface area contributed by atoms with Gasteiger partial charge in [-0.3, -0.25) is 4.79 Å². The highest BCUT2D eigenvalue weighted by atomic mass is 19.1. The lowest BCUT2D eigenvalue weighted by molar-refractivity contribution is 0.0366. The first kappa shape index (κ1) is 27.4. The molecule has 0 saturated carbocycles. The predicted octanol–water partition coefficient (Wildman–Crippen LogP) is 2.90. The maximum absolute atomic E-state index is 13.5. The maximum Gasteiger partial charge on any atom is 0.339 e. The molecule has 0 spiro atoms. The molecule has 0 radical (unpaired) electrons. The van der Waals surface area contributed by atoms with Gasteiger partial charge in [0.1, 0.15) is 5.82 Å². The zero-order chi connectivity index (χ0) is 29.1. The molecule has 2 aromatic carbocycles. The number of anilines is 2. The zero-order valence-electron chi connectivity index (χ0n) is 23.5. The highest BCUT2D eigenvalue weighted by Gasteiger charge is 2.28. The Bertz CT molecular complexity index is 1740. The number of rotatable bonds is 8. The van der Waals surface area contributed by atoms with Crippen molar-refractivity contribution < 1.29 is 13.9 Å². The number of imidazole rings is 1. The minimum atomic E-state index is -0.499. The zero-order valence-corrected chi connectivity index (χ0v) is 23.5. The lowest BCUT2D eigenvalue weighted by Gasteiger charge is -2.38. The van der Waals surface area contributed by atoms with Crippen LogP contribution in [0, 0.1) is 5.82 Å². The minimum Gasteiger partial charge on any atom is -0.440 e. The van der Waals surface area contributed by atoms with Crippen LogP contribution in [0.1, 0.15) is 41.6 Å². The molecule has 4 aromatic rings. The monoisotopic (exact) mass is 568 g/mol. The van der Waals surface area contributed by atoms with Crippen molar-refractivity contribution in [3.63, 3.8) is 0 Å². The maximum atomic E-state index is 13.5. The highest BCUT2D eigenvalue weighted by Crippen LogP contribution is 2.23. The minimum absolute atomic E-state index is 0.125. The summed E-state index contributed by atoms with van der Waals surface area (Å²) in [6, 6.07) is 16.8. The molecule has 2 aromatic heterocycles. The van der Waals surface area contributed by atoms with Crippen LogP contribution in [-0.2, 0) is 18.0 Å². The topological polar surface area (TPSA) is 85.5 Å². The van der Waals surface area contributed by atoms with Crippen LogP contribution in [-0.4, -0.2) is 51.3 Å². The molecule has 10 heteroatoms.